The van der Waals surface area contributed by atoms with Gasteiger partial charge in [0.25, 0.3) is 0 Å². The van der Waals surface area contributed by atoms with Crippen LogP contribution in [0, 0.1) is 0 Å². The third-order valence-electron chi connectivity index (χ3n) is 2.77. The summed E-state index contributed by atoms with van der Waals surface area (Å²) in [6.07, 6.45) is 2.56. The first kappa shape index (κ1) is 13.4. The highest BCUT2D eigenvalue weighted by Crippen LogP contribution is 2.12. The highest BCUT2D eigenvalue weighted by atomic mass is 16.5. The third kappa shape index (κ3) is 4.92. The smallest absolute Gasteiger partial charge is 0.234 e. The summed E-state index contributed by atoms with van der Waals surface area (Å²) in [7, 11) is 0. The van der Waals surface area contributed by atoms with Gasteiger partial charge in [-0.15, -0.1) is 0 Å². The van der Waals surface area contributed by atoms with Gasteiger partial charge in [0.2, 0.25) is 5.91 Å². The Balaban J connectivity index is 2.21. The van der Waals surface area contributed by atoms with Crippen molar-refractivity contribution in [3.05, 3.63) is 0 Å². The van der Waals surface area contributed by atoms with Crippen LogP contribution < -0.4 is 11.1 Å². The Morgan fingerprint density at radius 2 is 2.44 bits per heavy atom. The van der Waals surface area contributed by atoms with Gasteiger partial charge in [0.1, 0.15) is 0 Å². The van der Waals surface area contributed by atoms with E-state index in [9.17, 15) is 4.79 Å². The van der Waals surface area contributed by atoms with Crippen LogP contribution in [0.3, 0.4) is 0 Å². The highest BCUT2D eigenvalue weighted by molar-refractivity contribution is 5.77. The lowest BCUT2D eigenvalue weighted by Crippen LogP contribution is -2.41. The molecule has 1 rings (SSSR count). The van der Waals surface area contributed by atoms with Crippen molar-refractivity contribution in [2.24, 2.45) is 5.73 Å². The summed E-state index contributed by atoms with van der Waals surface area (Å²) >= 11 is 0. The highest BCUT2D eigenvalue weighted by Gasteiger charge is 2.19. The average Bonchev–Trinajstić information content (AvgIpc) is 2.78. The van der Waals surface area contributed by atoms with Crippen molar-refractivity contribution in [1.29, 1.82) is 0 Å². The largest absolute Gasteiger partial charge is 0.377 e. The predicted octanol–water partition coefficient (Wildman–Crippen LogP) is -0.438. The van der Waals surface area contributed by atoms with Crippen molar-refractivity contribution in [1.82, 2.24) is 10.2 Å². The van der Waals surface area contributed by atoms with Crippen LogP contribution in [0.4, 0.5) is 0 Å². The van der Waals surface area contributed by atoms with E-state index in [-0.39, 0.29) is 5.91 Å². The Kier molecular flexibility index (Phi) is 6.37. The van der Waals surface area contributed by atoms with Gasteiger partial charge in [0.15, 0.2) is 0 Å². The van der Waals surface area contributed by atoms with E-state index in [4.69, 9.17) is 10.5 Å². The van der Waals surface area contributed by atoms with Crippen molar-refractivity contribution >= 4 is 5.91 Å². The second kappa shape index (κ2) is 7.60. The number of hydrogen-bond acceptors (Lipinski definition) is 4. The first-order chi connectivity index (χ1) is 7.76. The van der Waals surface area contributed by atoms with Crippen LogP contribution in [0.2, 0.25) is 0 Å². The third-order valence-corrected chi connectivity index (χ3v) is 2.77. The van der Waals surface area contributed by atoms with Gasteiger partial charge in [-0.25, -0.2) is 0 Å². The first-order valence-corrected chi connectivity index (χ1v) is 6.07. The van der Waals surface area contributed by atoms with Crippen LogP contribution in [0.15, 0.2) is 0 Å². The molecular formula is C11H23N3O2. The van der Waals surface area contributed by atoms with Crippen molar-refractivity contribution in [2.45, 2.75) is 25.9 Å². The fourth-order valence-electron chi connectivity index (χ4n) is 1.85. The molecule has 3 N–H and O–H groups in total. The first-order valence-electron chi connectivity index (χ1n) is 6.07. The molecule has 16 heavy (non-hydrogen) atoms. The maximum atomic E-state index is 11.5. The summed E-state index contributed by atoms with van der Waals surface area (Å²) in [5.74, 6) is 0.0466. The van der Waals surface area contributed by atoms with Crippen LogP contribution in [0.1, 0.15) is 19.8 Å². The van der Waals surface area contributed by atoms with E-state index in [1.807, 2.05) is 0 Å². The van der Waals surface area contributed by atoms with E-state index in [0.717, 1.165) is 32.5 Å². The van der Waals surface area contributed by atoms with E-state index in [1.54, 1.807) is 0 Å². The fourth-order valence-corrected chi connectivity index (χ4v) is 1.85. The van der Waals surface area contributed by atoms with Gasteiger partial charge in [-0.2, -0.15) is 0 Å². The van der Waals surface area contributed by atoms with Gasteiger partial charge in [-0.05, 0) is 19.4 Å². The second-order valence-corrected chi connectivity index (χ2v) is 4.10. The van der Waals surface area contributed by atoms with Crippen molar-refractivity contribution in [3.63, 3.8) is 0 Å². The molecule has 0 radical (unpaired) electrons. The number of carbonyl (C=O) groups is 1. The standard InChI is InChI=1S/C11H23N3O2/c1-2-14(8-10-4-3-7-16-10)9-11(15)13-6-5-12/h10H,2-9,12H2,1H3,(H,13,15). The number of carbonyl (C=O) groups excluding carboxylic acids is 1. The van der Waals surface area contributed by atoms with Crippen LogP contribution in [-0.4, -0.2) is 56.2 Å². The molecule has 0 aromatic heterocycles. The van der Waals surface area contributed by atoms with Crippen molar-refractivity contribution in [3.8, 4) is 0 Å². The predicted molar refractivity (Wildman–Crippen MR) is 63.2 cm³/mol. The van der Waals surface area contributed by atoms with Gasteiger partial charge in [-0.3, -0.25) is 9.69 Å². The molecule has 94 valence electrons. The molecule has 0 aromatic carbocycles. The van der Waals surface area contributed by atoms with Crippen molar-refractivity contribution in [2.75, 3.05) is 39.3 Å². The molecule has 0 spiro atoms. The molecule has 1 fully saturated rings. The van der Waals surface area contributed by atoms with Gasteiger partial charge in [-0.1, -0.05) is 6.92 Å². The lowest BCUT2D eigenvalue weighted by Gasteiger charge is -2.22. The van der Waals surface area contributed by atoms with Gasteiger partial charge < -0.3 is 15.8 Å². The summed E-state index contributed by atoms with van der Waals surface area (Å²) in [6.45, 7) is 6.13. The van der Waals surface area contributed by atoms with Crippen LogP contribution in [-0.2, 0) is 9.53 Å². The minimum Gasteiger partial charge on any atom is -0.377 e. The summed E-state index contributed by atoms with van der Waals surface area (Å²) in [4.78, 5) is 13.6. The summed E-state index contributed by atoms with van der Waals surface area (Å²) < 4.78 is 5.55. The zero-order chi connectivity index (χ0) is 11.8. The molecule has 1 amide bonds. The van der Waals surface area contributed by atoms with Crippen LogP contribution >= 0.6 is 0 Å². The zero-order valence-electron chi connectivity index (χ0n) is 10.1. The molecule has 1 aliphatic heterocycles. The second-order valence-electron chi connectivity index (χ2n) is 4.10. The molecular weight excluding hydrogens is 206 g/mol. The number of hydrogen-bond donors (Lipinski definition) is 2. The number of nitrogens with two attached hydrogens (primary N) is 1. The summed E-state index contributed by atoms with van der Waals surface area (Å²) in [5.41, 5.74) is 5.32. The lowest BCUT2D eigenvalue weighted by atomic mass is 10.2. The molecule has 0 saturated carbocycles. The van der Waals surface area contributed by atoms with Gasteiger partial charge >= 0.3 is 0 Å². The number of ether oxygens (including phenoxy) is 1. The molecule has 1 unspecified atom stereocenters. The molecule has 0 aromatic rings. The SMILES string of the molecule is CCN(CC(=O)NCCN)CC1CCCO1. The Morgan fingerprint density at radius 1 is 1.62 bits per heavy atom. The van der Waals surface area contributed by atoms with E-state index in [0.29, 0.717) is 25.7 Å². The number of nitrogens with zero attached hydrogens (tertiary/aromatic N) is 1. The summed E-state index contributed by atoms with van der Waals surface area (Å²) in [6, 6.07) is 0. The number of nitrogens with one attached hydrogen (secondary N) is 1. The maximum absolute atomic E-state index is 11.5. The monoisotopic (exact) mass is 229 g/mol. The quantitative estimate of drug-likeness (QED) is 0.621. The van der Waals surface area contributed by atoms with E-state index < -0.39 is 0 Å². The van der Waals surface area contributed by atoms with E-state index in [1.165, 1.54) is 0 Å². The topological polar surface area (TPSA) is 67.6 Å². The molecule has 1 aliphatic rings. The minimum absolute atomic E-state index is 0.0466. The van der Waals surface area contributed by atoms with Crippen molar-refractivity contribution < 1.29 is 9.53 Å². The lowest BCUT2D eigenvalue weighted by molar-refractivity contribution is -0.122. The van der Waals surface area contributed by atoms with Gasteiger partial charge in [0.05, 0.1) is 12.6 Å². The Bertz CT molecular complexity index is 205. The van der Waals surface area contributed by atoms with Crippen LogP contribution in [0.5, 0.6) is 0 Å². The average molecular weight is 229 g/mol. The normalized spacial score (nSPS) is 20.3. The number of likely N-dealkylation sites (N-methyl/N-ethyl adjacent to an activating group) is 1. The van der Waals surface area contributed by atoms with Gasteiger partial charge in [0, 0.05) is 26.2 Å². The minimum atomic E-state index is 0.0466. The van der Waals surface area contributed by atoms with Crippen LogP contribution in [0.25, 0.3) is 0 Å². The Morgan fingerprint density at radius 3 is 3.00 bits per heavy atom. The molecule has 1 heterocycles. The molecule has 0 bridgehead atoms. The fraction of sp³-hybridized carbons (Fsp3) is 0.909. The van der Waals surface area contributed by atoms with E-state index >= 15 is 0 Å². The molecule has 1 atom stereocenters. The zero-order valence-corrected chi connectivity index (χ0v) is 10.1. The number of amides is 1. The molecule has 5 nitrogen and oxygen atoms in total. The number of rotatable bonds is 7. The molecule has 1 saturated heterocycles. The molecule has 0 aliphatic carbocycles. The maximum Gasteiger partial charge on any atom is 0.234 e. The molecule has 5 heteroatoms. The Labute approximate surface area is 97.3 Å². The Hall–Kier alpha value is -0.650. The summed E-state index contributed by atoms with van der Waals surface area (Å²) in [5, 5.41) is 2.78. The van der Waals surface area contributed by atoms with E-state index in [2.05, 4.69) is 17.1 Å².